The topological polar surface area (TPSA) is 194 Å². The number of carbonyl (C=O) groups is 5. The van der Waals surface area contributed by atoms with Crippen LogP contribution in [0.4, 0.5) is 0 Å². The smallest absolute Gasteiger partial charge is 0.326 e. The Kier molecular flexibility index (Phi) is 13.1. The monoisotopic (exact) mass is 437 g/mol. The summed E-state index contributed by atoms with van der Waals surface area (Å²) in [6.45, 7) is -0.368. The molecule has 4 amide bonds. The number of carboxylic acid groups (broad SMARTS) is 1. The van der Waals surface area contributed by atoms with Crippen molar-refractivity contribution in [3.05, 3.63) is 0 Å². The molecule has 3 atom stereocenters. The van der Waals surface area contributed by atoms with Crippen molar-refractivity contribution in [1.82, 2.24) is 16.0 Å². The predicted octanol–water partition coefficient (Wildman–Crippen LogP) is -2.57. The first-order valence-corrected chi connectivity index (χ1v) is 10.4. The number of thioether (sulfide) groups is 1. The summed E-state index contributed by atoms with van der Waals surface area (Å²) >= 11 is 5.44. The fourth-order valence-corrected chi connectivity index (χ4v) is 2.77. The molecule has 160 valence electrons. The van der Waals surface area contributed by atoms with E-state index >= 15 is 0 Å². The van der Waals surface area contributed by atoms with E-state index < -0.39 is 47.7 Å². The molecule has 0 aliphatic heterocycles. The SMILES string of the molecule is CSCCC(NC(=O)C(CS)NC(=O)C(CCC(N)=O)NC(=O)CN)C(=O)O. The summed E-state index contributed by atoms with van der Waals surface area (Å²) in [7, 11) is 0. The second-order valence-electron chi connectivity index (χ2n) is 5.75. The lowest BCUT2D eigenvalue weighted by Crippen LogP contribution is -2.57. The highest BCUT2D eigenvalue weighted by atomic mass is 32.2. The van der Waals surface area contributed by atoms with Crippen LogP contribution in [0.25, 0.3) is 0 Å². The number of primary amides is 1. The van der Waals surface area contributed by atoms with Crippen LogP contribution in [0.15, 0.2) is 0 Å². The van der Waals surface area contributed by atoms with Crippen LogP contribution in [0.2, 0.25) is 0 Å². The molecule has 0 aliphatic rings. The lowest BCUT2D eigenvalue weighted by molar-refractivity contribution is -0.142. The summed E-state index contributed by atoms with van der Waals surface area (Å²) in [4.78, 5) is 58.4. The van der Waals surface area contributed by atoms with E-state index in [1.165, 1.54) is 11.8 Å². The Balaban J connectivity index is 5.05. The number of hydrogen-bond acceptors (Lipinski definition) is 8. The second kappa shape index (κ2) is 14.1. The third-order valence-electron chi connectivity index (χ3n) is 3.56. The van der Waals surface area contributed by atoms with Gasteiger partial charge in [-0.15, -0.1) is 0 Å². The van der Waals surface area contributed by atoms with Crippen LogP contribution in [-0.4, -0.2) is 77.1 Å². The van der Waals surface area contributed by atoms with Crippen LogP contribution in [0, 0.1) is 0 Å². The average molecular weight is 438 g/mol. The molecule has 0 bridgehead atoms. The van der Waals surface area contributed by atoms with Crippen molar-refractivity contribution in [3.8, 4) is 0 Å². The standard InChI is InChI=1S/C15H27N5O6S2/c1-28-5-4-9(15(25)26)19-14(24)10(7-27)20-13(23)8(2-3-11(17)21)18-12(22)6-16/h8-10,27H,2-7,16H2,1H3,(H2,17,21)(H,18,22)(H,19,24)(H,20,23)(H,25,26). The zero-order valence-electron chi connectivity index (χ0n) is 15.5. The van der Waals surface area contributed by atoms with Gasteiger partial charge in [-0.1, -0.05) is 0 Å². The van der Waals surface area contributed by atoms with Gasteiger partial charge in [0.05, 0.1) is 6.54 Å². The van der Waals surface area contributed by atoms with Crippen LogP contribution in [-0.2, 0) is 24.0 Å². The maximum Gasteiger partial charge on any atom is 0.326 e. The molecule has 0 fully saturated rings. The van der Waals surface area contributed by atoms with Crippen molar-refractivity contribution in [2.75, 3.05) is 24.3 Å². The van der Waals surface area contributed by atoms with Crippen LogP contribution >= 0.6 is 24.4 Å². The summed E-state index contributed by atoms with van der Waals surface area (Å²) in [5, 5.41) is 16.3. The third kappa shape index (κ3) is 10.4. The van der Waals surface area contributed by atoms with Gasteiger partial charge in [0.1, 0.15) is 18.1 Å². The van der Waals surface area contributed by atoms with Crippen molar-refractivity contribution >= 4 is 54.0 Å². The van der Waals surface area contributed by atoms with Gasteiger partial charge in [-0.25, -0.2) is 4.79 Å². The molecule has 13 heteroatoms. The number of aliphatic carboxylic acids is 1. The molecular formula is C15H27N5O6S2. The molecule has 11 nitrogen and oxygen atoms in total. The van der Waals surface area contributed by atoms with Gasteiger partial charge < -0.3 is 32.5 Å². The fraction of sp³-hybridized carbons (Fsp3) is 0.667. The van der Waals surface area contributed by atoms with E-state index in [0.29, 0.717) is 5.75 Å². The molecule has 3 unspecified atom stereocenters. The molecule has 0 radical (unpaired) electrons. The number of nitrogens with two attached hydrogens (primary N) is 2. The Morgan fingerprint density at radius 1 is 1.00 bits per heavy atom. The number of rotatable bonds is 14. The highest BCUT2D eigenvalue weighted by Gasteiger charge is 2.28. The molecule has 0 rings (SSSR count). The molecule has 0 saturated heterocycles. The predicted molar refractivity (Wildman–Crippen MR) is 108 cm³/mol. The molecule has 0 aromatic rings. The van der Waals surface area contributed by atoms with Gasteiger partial charge >= 0.3 is 5.97 Å². The number of carboxylic acids is 1. The van der Waals surface area contributed by atoms with Gasteiger partial charge in [0, 0.05) is 12.2 Å². The first kappa shape index (κ1) is 26.0. The molecular weight excluding hydrogens is 410 g/mol. The van der Waals surface area contributed by atoms with Crippen molar-refractivity contribution < 1.29 is 29.1 Å². The number of carbonyl (C=O) groups excluding carboxylic acids is 4. The van der Waals surface area contributed by atoms with E-state index in [1.807, 2.05) is 0 Å². The summed E-state index contributed by atoms with van der Waals surface area (Å²) in [6.07, 6.45) is 1.76. The molecule has 0 spiro atoms. The average Bonchev–Trinajstić information content (AvgIpc) is 2.65. The minimum Gasteiger partial charge on any atom is -0.480 e. The highest BCUT2D eigenvalue weighted by molar-refractivity contribution is 7.98. The molecule has 0 saturated carbocycles. The number of nitrogens with one attached hydrogen (secondary N) is 3. The van der Waals surface area contributed by atoms with Gasteiger partial charge in [0.15, 0.2) is 0 Å². The zero-order valence-corrected chi connectivity index (χ0v) is 17.2. The number of amides is 4. The van der Waals surface area contributed by atoms with Gasteiger partial charge in [0.25, 0.3) is 0 Å². The van der Waals surface area contributed by atoms with E-state index in [2.05, 4.69) is 28.6 Å². The van der Waals surface area contributed by atoms with E-state index in [9.17, 15) is 29.1 Å². The summed E-state index contributed by atoms with van der Waals surface area (Å²) in [5.74, 6) is -3.54. The van der Waals surface area contributed by atoms with E-state index in [-0.39, 0.29) is 31.6 Å². The largest absolute Gasteiger partial charge is 0.480 e. The number of hydrogen-bond donors (Lipinski definition) is 7. The van der Waals surface area contributed by atoms with Gasteiger partial charge in [-0.3, -0.25) is 19.2 Å². The van der Waals surface area contributed by atoms with Crippen molar-refractivity contribution in [2.45, 2.75) is 37.4 Å². The fourth-order valence-electron chi connectivity index (χ4n) is 2.04. The van der Waals surface area contributed by atoms with E-state index in [1.54, 1.807) is 6.26 Å². The van der Waals surface area contributed by atoms with Crippen molar-refractivity contribution in [3.63, 3.8) is 0 Å². The van der Waals surface area contributed by atoms with Gasteiger partial charge in [-0.05, 0) is 24.9 Å². The Morgan fingerprint density at radius 2 is 1.57 bits per heavy atom. The van der Waals surface area contributed by atoms with Gasteiger partial charge in [0.2, 0.25) is 23.6 Å². The molecule has 8 N–H and O–H groups in total. The molecule has 0 aliphatic carbocycles. The van der Waals surface area contributed by atoms with Crippen LogP contribution < -0.4 is 27.4 Å². The van der Waals surface area contributed by atoms with Crippen molar-refractivity contribution in [2.24, 2.45) is 11.5 Å². The minimum atomic E-state index is -1.19. The normalized spacial score (nSPS) is 13.7. The van der Waals surface area contributed by atoms with E-state index in [0.717, 1.165) is 0 Å². The Morgan fingerprint density at radius 3 is 2.04 bits per heavy atom. The quantitative estimate of drug-likeness (QED) is 0.144. The van der Waals surface area contributed by atoms with Crippen molar-refractivity contribution in [1.29, 1.82) is 0 Å². The maximum absolute atomic E-state index is 12.4. The van der Waals surface area contributed by atoms with Gasteiger partial charge in [-0.2, -0.15) is 24.4 Å². The molecule has 28 heavy (non-hydrogen) atoms. The Hall–Kier alpha value is -1.99. The lowest BCUT2D eigenvalue weighted by atomic mass is 10.1. The lowest BCUT2D eigenvalue weighted by Gasteiger charge is -2.23. The summed E-state index contributed by atoms with van der Waals surface area (Å²) in [6, 6.07) is -3.38. The summed E-state index contributed by atoms with van der Waals surface area (Å²) < 4.78 is 0. The zero-order chi connectivity index (χ0) is 21.7. The Bertz CT molecular complexity index is 577. The maximum atomic E-state index is 12.4. The van der Waals surface area contributed by atoms with Crippen LogP contribution in [0.1, 0.15) is 19.3 Å². The minimum absolute atomic E-state index is 0.0840. The Labute approximate surface area is 172 Å². The number of thiol groups is 1. The molecule has 0 aromatic carbocycles. The van der Waals surface area contributed by atoms with Crippen LogP contribution in [0.5, 0.6) is 0 Å². The molecule has 0 aromatic heterocycles. The first-order valence-electron chi connectivity index (χ1n) is 8.37. The third-order valence-corrected chi connectivity index (χ3v) is 4.57. The van der Waals surface area contributed by atoms with Crippen LogP contribution in [0.3, 0.4) is 0 Å². The first-order chi connectivity index (χ1) is 13.2. The van der Waals surface area contributed by atoms with E-state index in [4.69, 9.17) is 11.5 Å². The second-order valence-corrected chi connectivity index (χ2v) is 7.10. The molecule has 0 heterocycles. The summed E-state index contributed by atoms with van der Waals surface area (Å²) in [5.41, 5.74) is 10.3. The highest BCUT2D eigenvalue weighted by Crippen LogP contribution is 2.03.